The molecule has 1 aliphatic rings. The Morgan fingerprint density at radius 1 is 1.20 bits per heavy atom. The number of hydrogen-bond donors (Lipinski definition) is 1. The number of rotatable bonds is 7. The summed E-state index contributed by atoms with van der Waals surface area (Å²) in [5.74, 6) is 0.979. The first kappa shape index (κ1) is 17.9. The van der Waals surface area contributed by atoms with Crippen LogP contribution in [0.15, 0.2) is 24.3 Å². The Morgan fingerprint density at radius 2 is 1.92 bits per heavy atom. The summed E-state index contributed by atoms with van der Waals surface area (Å²) in [5, 5.41) is 3.12. The van der Waals surface area contributed by atoms with Crippen molar-refractivity contribution in [1.29, 1.82) is 0 Å². The first-order valence-corrected chi connectivity index (χ1v) is 9.71. The molecule has 0 bridgehead atoms. The minimum Gasteiger partial charge on any atom is -0.309 e. The molecule has 1 aromatic carbocycles. The lowest BCUT2D eigenvalue weighted by Gasteiger charge is -2.22. The number of amides is 1. The van der Waals surface area contributed by atoms with Gasteiger partial charge in [-0.2, -0.15) is 0 Å². The summed E-state index contributed by atoms with van der Waals surface area (Å²) in [6.45, 7) is 8.23. The Bertz CT molecular complexity index is 699. The summed E-state index contributed by atoms with van der Waals surface area (Å²) in [6.07, 6.45) is 5.59. The highest BCUT2D eigenvalue weighted by atomic mass is 16.2. The topological polar surface area (TPSA) is 50.2 Å². The number of likely N-dealkylation sites (N-methyl/N-ethyl adjacent to an activating group) is 1. The maximum atomic E-state index is 12.7. The largest absolute Gasteiger partial charge is 0.309 e. The molecule has 0 radical (unpaired) electrons. The predicted molar refractivity (Wildman–Crippen MR) is 103 cm³/mol. The Labute approximate surface area is 150 Å². The van der Waals surface area contributed by atoms with Gasteiger partial charge in [0.2, 0.25) is 11.9 Å². The van der Waals surface area contributed by atoms with Crippen molar-refractivity contribution in [3.63, 3.8) is 0 Å². The Morgan fingerprint density at radius 3 is 2.64 bits per heavy atom. The molecule has 1 N–H and O–H groups in total. The van der Waals surface area contributed by atoms with Gasteiger partial charge in [0.25, 0.3) is 0 Å². The minimum absolute atomic E-state index is 0.138. The second-order valence-corrected chi connectivity index (χ2v) is 6.93. The third-order valence-corrected chi connectivity index (χ3v) is 5.40. The van der Waals surface area contributed by atoms with Crippen molar-refractivity contribution in [2.75, 3.05) is 25.0 Å². The van der Waals surface area contributed by atoms with Crippen LogP contribution in [0.1, 0.15) is 46.0 Å². The molecule has 136 valence electrons. The van der Waals surface area contributed by atoms with Crippen LogP contribution in [-0.2, 0) is 11.3 Å². The summed E-state index contributed by atoms with van der Waals surface area (Å²) in [7, 11) is 0. The van der Waals surface area contributed by atoms with E-state index in [0.29, 0.717) is 5.95 Å². The second kappa shape index (κ2) is 8.48. The molecule has 0 saturated heterocycles. The lowest BCUT2D eigenvalue weighted by molar-refractivity contribution is -0.120. The lowest BCUT2D eigenvalue weighted by atomic mass is 9.89. The molecule has 1 heterocycles. The fraction of sp³-hybridized carbons (Fsp3) is 0.600. The molecule has 0 aliphatic heterocycles. The molecule has 2 aromatic rings. The van der Waals surface area contributed by atoms with Gasteiger partial charge in [0.05, 0.1) is 11.0 Å². The van der Waals surface area contributed by atoms with Gasteiger partial charge in [0.15, 0.2) is 0 Å². The molecule has 1 fully saturated rings. The maximum absolute atomic E-state index is 12.7. The van der Waals surface area contributed by atoms with Crippen molar-refractivity contribution in [3.05, 3.63) is 24.3 Å². The van der Waals surface area contributed by atoms with Crippen molar-refractivity contribution in [3.8, 4) is 0 Å². The van der Waals surface area contributed by atoms with Crippen molar-refractivity contribution < 1.29 is 4.79 Å². The molecule has 0 atom stereocenters. The van der Waals surface area contributed by atoms with Crippen LogP contribution in [0.3, 0.4) is 0 Å². The molecule has 1 saturated carbocycles. The van der Waals surface area contributed by atoms with E-state index >= 15 is 0 Å². The molecule has 5 nitrogen and oxygen atoms in total. The number of carbonyl (C=O) groups excluding carboxylic acids is 1. The first-order chi connectivity index (χ1) is 12.2. The zero-order chi connectivity index (χ0) is 17.6. The molecular weight excluding hydrogens is 312 g/mol. The average Bonchev–Trinajstić information content (AvgIpc) is 3.00. The SMILES string of the molecule is CCN(CC)CCn1c(NC(=O)C2CCCCC2)nc2ccccc21. The predicted octanol–water partition coefficient (Wildman–Crippen LogP) is 3.90. The number of para-hydroxylation sites is 2. The molecular formula is C20H30N4O. The van der Waals surface area contributed by atoms with Crippen LogP contribution in [0.25, 0.3) is 11.0 Å². The maximum Gasteiger partial charge on any atom is 0.229 e. The number of hydrogen-bond acceptors (Lipinski definition) is 3. The van der Waals surface area contributed by atoms with E-state index in [1.807, 2.05) is 18.2 Å². The Kier molecular flexibility index (Phi) is 6.08. The summed E-state index contributed by atoms with van der Waals surface area (Å²) in [5.41, 5.74) is 2.04. The minimum atomic E-state index is 0.138. The van der Waals surface area contributed by atoms with Crippen LogP contribution in [0, 0.1) is 5.92 Å². The quantitative estimate of drug-likeness (QED) is 0.830. The summed E-state index contributed by atoms with van der Waals surface area (Å²) in [4.78, 5) is 19.8. The van der Waals surface area contributed by atoms with Crippen LogP contribution in [0.5, 0.6) is 0 Å². The fourth-order valence-electron chi connectivity index (χ4n) is 3.76. The molecule has 3 rings (SSSR count). The van der Waals surface area contributed by atoms with Gasteiger partial charge in [-0.25, -0.2) is 4.98 Å². The summed E-state index contributed by atoms with van der Waals surface area (Å²) < 4.78 is 2.16. The smallest absolute Gasteiger partial charge is 0.229 e. The molecule has 5 heteroatoms. The van der Waals surface area contributed by atoms with E-state index in [9.17, 15) is 4.79 Å². The highest BCUT2D eigenvalue weighted by Crippen LogP contribution is 2.26. The third kappa shape index (κ3) is 4.21. The standard InChI is InChI=1S/C20H30N4O/c1-3-23(4-2)14-15-24-18-13-9-8-12-17(18)21-20(24)22-19(25)16-10-6-5-7-11-16/h8-9,12-13,16H,3-7,10-11,14-15H2,1-2H3,(H,21,22,25). The van der Waals surface area contributed by atoms with Crippen LogP contribution >= 0.6 is 0 Å². The van der Waals surface area contributed by atoms with E-state index in [1.54, 1.807) is 0 Å². The van der Waals surface area contributed by atoms with Crippen molar-refractivity contribution in [1.82, 2.24) is 14.5 Å². The number of anilines is 1. The average molecular weight is 342 g/mol. The Balaban J connectivity index is 1.80. The number of benzene rings is 1. The number of imidazole rings is 1. The highest BCUT2D eigenvalue weighted by Gasteiger charge is 2.23. The summed E-state index contributed by atoms with van der Waals surface area (Å²) >= 11 is 0. The lowest BCUT2D eigenvalue weighted by Crippen LogP contribution is -2.29. The first-order valence-electron chi connectivity index (χ1n) is 9.71. The second-order valence-electron chi connectivity index (χ2n) is 6.93. The van der Waals surface area contributed by atoms with E-state index < -0.39 is 0 Å². The molecule has 0 spiro atoms. The zero-order valence-corrected chi connectivity index (χ0v) is 15.5. The number of fused-ring (bicyclic) bond motifs is 1. The van der Waals surface area contributed by atoms with Crippen molar-refractivity contribution >= 4 is 22.9 Å². The molecule has 1 aromatic heterocycles. The van der Waals surface area contributed by atoms with Gasteiger partial charge in [-0.3, -0.25) is 10.1 Å². The van der Waals surface area contributed by atoms with Crippen LogP contribution < -0.4 is 5.32 Å². The molecule has 1 aliphatic carbocycles. The molecule has 25 heavy (non-hydrogen) atoms. The number of carbonyl (C=O) groups is 1. The summed E-state index contributed by atoms with van der Waals surface area (Å²) in [6, 6.07) is 8.13. The van der Waals surface area contributed by atoms with Gasteiger partial charge in [0, 0.05) is 19.0 Å². The van der Waals surface area contributed by atoms with E-state index in [2.05, 4.69) is 39.7 Å². The highest BCUT2D eigenvalue weighted by molar-refractivity contribution is 5.93. The third-order valence-electron chi connectivity index (χ3n) is 5.40. The van der Waals surface area contributed by atoms with Gasteiger partial charge < -0.3 is 9.47 Å². The van der Waals surface area contributed by atoms with E-state index in [-0.39, 0.29) is 11.8 Å². The van der Waals surface area contributed by atoms with Crippen molar-refractivity contribution in [2.24, 2.45) is 5.92 Å². The zero-order valence-electron chi connectivity index (χ0n) is 15.5. The number of nitrogens with one attached hydrogen (secondary N) is 1. The van der Waals surface area contributed by atoms with E-state index in [4.69, 9.17) is 0 Å². The van der Waals surface area contributed by atoms with Crippen LogP contribution in [-0.4, -0.2) is 40.0 Å². The van der Waals surface area contributed by atoms with Gasteiger partial charge in [-0.1, -0.05) is 45.2 Å². The van der Waals surface area contributed by atoms with E-state index in [0.717, 1.165) is 62.9 Å². The number of aromatic nitrogens is 2. The van der Waals surface area contributed by atoms with E-state index in [1.165, 1.54) is 6.42 Å². The fourth-order valence-corrected chi connectivity index (χ4v) is 3.76. The monoisotopic (exact) mass is 342 g/mol. The Hall–Kier alpha value is -1.88. The van der Waals surface area contributed by atoms with Gasteiger partial charge in [0.1, 0.15) is 0 Å². The molecule has 1 amide bonds. The normalized spacial score (nSPS) is 15.8. The van der Waals surface area contributed by atoms with Crippen LogP contribution in [0.4, 0.5) is 5.95 Å². The number of nitrogens with zero attached hydrogens (tertiary/aromatic N) is 3. The van der Waals surface area contributed by atoms with Crippen LogP contribution in [0.2, 0.25) is 0 Å². The van der Waals surface area contributed by atoms with Crippen molar-refractivity contribution in [2.45, 2.75) is 52.5 Å². The molecule has 0 unspecified atom stereocenters. The van der Waals surface area contributed by atoms with Gasteiger partial charge in [-0.15, -0.1) is 0 Å². The van der Waals surface area contributed by atoms with Gasteiger partial charge >= 0.3 is 0 Å². The van der Waals surface area contributed by atoms with Gasteiger partial charge in [-0.05, 0) is 38.1 Å².